The van der Waals surface area contributed by atoms with Crippen molar-refractivity contribution >= 4 is 29.3 Å². The molecule has 1 amide bonds. The molecule has 0 aliphatic heterocycles. The van der Waals surface area contributed by atoms with Crippen LogP contribution < -0.4 is 10.1 Å². The Balaban J connectivity index is 1.64. The number of amides is 1. The van der Waals surface area contributed by atoms with Crippen LogP contribution in [0.2, 0.25) is 0 Å². The molecule has 2 aromatic carbocycles. The van der Waals surface area contributed by atoms with Crippen molar-refractivity contribution in [2.24, 2.45) is 0 Å². The van der Waals surface area contributed by atoms with E-state index in [0.29, 0.717) is 22.6 Å². The number of rotatable bonds is 10. The molecule has 0 aliphatic carbocycles. The number of ether oxygens (including phenoxy) is 1. The zero-order valence-electron chi connectivity index (χ0n) is 20.0. The van der Waals surface area contributed by atoms with Gasteiger partial charge in [-0.25, -0.2) is 4.79 Å². The van der Waals surface area contributed by atoms with Crippen molar-refractivity contribution in [2.75, 3.05) is 11.1 Å². The topological polar surface area (TPSA) is 106 Å². The Hall–Kier alpha value is -3.33. The number of aromatic carboxylic acids is 1. The second kappa shape index (κ2) is 11.2. The first-order chi connectivity index (χ1) is 16.2. The number of benzene rings is 2. The fourth-order valence-electron chi connectivity index (χ4n) is 3.36. The lowest BCUT2D eigenvalue weighted by molar-refractivity contribution is -0.113. The van der Waals surface area contributed by atoms with E-state index < -0.39 is 5.97 Å². The summed E-state index contributed by atoms with van der Waals surface area (Å²) in [7, 11) is 0. The van der Waals surface area contributed by atoms with Gasteiger partial charge in [-0.15, -0.1) is 10.2 Å². The molecular formula is C25H30N4O4S. The van der Waals surface area contributed by atoms with Crippen LogP contribution >= 0.6 is 11.8 Å². The highest BCUT2D eigenvalue weighted by Crippen LogP contribution is 2.28. The molecule has 3 rings (SSSR count). The van der Waals surface area contributed by atoms with Gasteiger partial charge in [0.25, 0.3) is 0 Å². The molecule has 9 heteroatoms. The number of thioether (sulfide) groups is 1. The number of hydrogen-bond acceptors (Lipinski definition) is 6. The van der Waals surface area contributed by atoms with Gasteiger partial charge in [-0.2, -0.15) is 0 Å². The number of carboxylic acids is 1. The lowest BCUT2D eigenvalue weighted by Crippen LogP contribution is -2.16. The first kappa shape index (κ1) is 25.3. The van der Waals surface area contributed by atoms with E-state index in [1.807, 2.05) is 37.5 Å². The fraction of sp³-hybridized carbons (Fsp3) is 0.360. The average Bonchev–Trinajstić information content (AvgIpc) is 3.23. The Labute approximate surface area is 203 Å². The molecule has 1 heterocycles. The van der Waals surface area contributed by atoms with Gasteiger partial charge in [-0.1, -0.05) is 37.7 Å². The molecule has 0 saturated heterocycles. The summed E-state index contributed by atoms with van der Waals surface area (Å²) in [5, 5.41) is 21.0. The maximum Gasteiger partial charge on any atom is 0.335 e. The SMILES string of the molecule is CC(C)c1ccc(OC(C)c2nnc(SCC(=O)Nc3ccc(C(=O)O)cc3)n2C(C)C)cc1. The van der Waals surface area contributed by atoms with E-state index in [2.05, 4.69) is 41.5 Å². The molecule has 1 atom stereocenters. The van der Waals surface area contributed by atoms with Gasteiger partial charge >= 0.3 is 5.97 Å². The summed E-state index contributed by atoms with van der Waals surface area (Å²) in [5.41, 5.74) is 1.95. The third kappa shape index (κ3) is 6.38. The Morgan fingerprint density at radius 2 is 1.65 bits per heavy atom. The number of aromatic nitrogens is 3. The molecule has 2 N–H and O–H groups in total. The van der Waals surface area contributed by atoms with E-state index in [9.17, 15) is 9.59 Å². The highest BCUT2D eigenvalue weighted by molar-refractivity contribution is 7.99. The molecule has 0 saturated carbocycles. The molecular weight excluding hydrogens is 452 g/mol. The summed E-state index contributed by atoms with van der Waals surface area (Å²) in [5.74, 6) is 0.812. The smallest absolute Gasteiger partial charge is 0.335 e. The third-order valence-corrected chi connectivity index (χ3v) is 6.12. The minimum atomic E-state index is -1.01. The number of carboxylic acid groups (broad SMARTS) is 1. The van der Waals surface area contributed by atoms with Gasteiger partial charge in [0.2, 0.25) is 5.91 Å². The minimum absolute atomic E-state index is 0.0773. The van der Waals surface area contributed by atoms with Crippen LogP contribution in [0.3, 0.4) is 0 Å². The van der Waals surface area contributed by atoms with Crippen molar-refractivity contribution in [3.8, 4) is 5.75 Å². The van der Waals surface area contributed by atoms with E-state index >= 15 is 0 Å². The van der Waals surface area contributed by atoms with Crippen LogP contribution in [0.4, 0.5) is 5.69 Å². The van der Waals surface area contributed by atoms with E-state index in [0.717, 1.165) is 5.75 Å². The highest BCUT2D eigenvalue weighted by atomic mass is 32.2. The molecule has 0 radical (unpaired) electrons. The number of nitrogens with one attached hydrogen (secondary N) is 1. The number of anilines is 1. The maximum absolute atomic E-state index is 12.4. The Morgan fingerprint density at radius 3 is 2.21 bits per heavy atom. The molecule has 34 heavy (non-hydrogen) atoms. The van der Waals surface area contributed by atoms with Crippen LogP contribution in [-0.2, 0) is 4.79 Å². The predicted molar refractivity (Wildman–Crippen MR) is 133 cm³/mol. The predicted octanol–water partition coefficient (Wildman–Crippen LogP) is 5.55. The average molecular weight is 483 g/mol. The fourth-order valence-corrected chi connectivity index (χ4v) is 4.24. The Kier molecular flexibility index (Phi) is 8.33. The normalized spacial score (nSPS) is 12.1. The molecule has 1 unspecified atom stereocenters. The molecule has 0 spiro atoms. The van der Waals surface area contributed by atoms with Crippen molar-refractivity contribution in [1.82, 2.24) is 14.8 Å². The van der Waals surface area contributed by atoms with Gasteiger partial charge in [0.05, 0.1) is 11.3 Å². The lowest BCUT2D eigenvalue weighted by atomic mass is 10.0. The summed E-state index contributed by atoms with van der Waals surface area (Å²) in [6, 6.07) is 14.2. The van der Waals surface area contributed by atoms with Crippen molar-refractivity contribution in [3.63, 3.8) is 0 Å². The molecule has 1 aromatic heterocycles. The molecule has 3 aromatic rings. The van der Waals surface area contributed by atoms with Crippen LogP contribution in [-0.4, -0.2) is 37.5 Å². The lowest BCUT2D eigenvalue weighted by Gasteiger charge is -2.19. The second-order valence-electron chi connectivity index (χ2n) is 8.51. The van der Waals surface area contributed by atoms with Gasteiger partial charge in [0.1, 0.15) is 5.75 Å². The Bertz CT molecular complexity index is 1120. The van der Waals surface area contributed by atoms with E-state index in [1.165, 1.54) is 29.5 Å². The van der Waals surface area contributed by atoms with Crippen LogP contribution in [0, 0.1) is 0 Å². The Morgan fingerprint density at radius 1 is 1.00 bits per heavy atom. The van der Waals surface area contributed by atoms with Crippen LogP contribution in [0.1, 0.15) is 74.4 Å². The molecule has 0 fully saturated rings. The molecule has 180 valence electrons. The minimum Gasteiger partial charge on any atom is -0.483 e. The number of carbonyl (C=O) groups is 2. The summed E-state index contributed by atoms with van der Waals surface area (Å²) in [6.45, 7) is 10.3. The van der Waals surface area contributed by atoms with Gasteiger partial charge in [-0.3, -0.25) is 4.79 Å². The van der Waals surface area contributed by atoms with Crippen molar-refractivity contribution in [3.05, 3.63) is 65.5 Å². The highest BCUT2D eigenvalue weighted by Gasteiger charge is 2.22. The van der Waals surface area contributed by atoms with E-state index in [4.69, 9.17) is 9.84 Å². The van der Waals surface area contributed by atoms with Gasteiger partial charge < -0.3 is 19.7 Å². The first-order valence-electron chi connectivity index (χ1n) is 11.1. The zero-order valence-corrected chi connectivity index (χ0v) is 20.8. The van der Waals surface area contributed by atoms with Crippen molar-refractivity contribution in [2.45, 2.75) is 57.8 Å². The first-order valence-corrected chi connectivity index (χ1v) is 12.1. The number of nitrogens with zero attached hydrogens (tertiary/aromatic N) is 3. The van der Waals surface area contributed by atoms with Crippen LogP contribution in [0.5, 0.6) is 5.75 Å². The van der Waals surface area contributed by atoms with Crippen LogP contribution in [0.25, 0.3) is 0 Å². The molecule has 0 aliphatic rings. The number of carbonyl (C=O) groups excluding carboxylic acids is 1. The monoisotopic (exact) mass is 482 g/mol. The third-order valence-electron chi connectivity index (χ3n) is 5.18. The maximum atomic E-state index is 12.4. The van der Waals surface area contributed by atoms with E-state index in [1.54, 1.807) is 12.1 Å². The summed E-state index contributed by atoms with van der Waals surface area (Å²) < 4.78 is 8.10. The largest absolute Gasteiger partial charge is 0.483 e. The van der Waals surface area contributed by atoms with Crippen LogP contribution in [0.15, 0.2) is 53.7 Å². The summed E-state index contributed by atoms with van der Waals surface area (Å²) in [6.07, 6.45) is -0.323. The van der Waals surface area contributed by atoms with Gasteiger partial charge in [-0.05, 0) is 68.7 Å². The second-order valence-corrected chi connectivity index (χ2v) is 9.45. The van der Waals surface area contributed by atoms with Crippen molar-refractivity contribution < 1.29 is 19.4 Å². The zero-order chi connectivity index (χ0) is 24.8. The standard InChI is InChI=1S/C25H30N4O4S/c1-15(2)18-8-12-21(13-9-18)33-17(5)23-27-28-25(29(23)16(3)4)34-14-22(30)26-20-10-6-19(7-11-20)24(31)32/h6-13,15-17H,14H2,1-5H3,(H,26,30)(H,31,32). The number of hydrogen-bond donors (Lipinski definition) is 2. The quantitative estimate of drug-likeness (QED) is 0.365. The summed E-state index contributed by atoms with van der Waals surface area (Å²) in [4.78, 5) is 23.4. The molecule has 0 bridgehead atoms. The summed E-state index contributed by atoms with van der Waals surface area (Å²) >= 11 is 1.29. The van der Waals surface area contributed by atoms with Gasteiger partial charge in [0.15, 0.2) is 17.1 Å². The van der Waals surface area contributed by atoms with E-state index in [-0.39, 0.29) is 29.4 Å². The van der Waals surface area contributed by atoms with Crippen molar-refractivity contribution in [1.29, 1.82) is 0 Å². The van der Waals surface area contributed by atoms with Gasteiger partial charge in [0, 0.05) is 11.7 Å². The molecule has 8 nitrogen and oxygen atoms in total.